The van der Waals surface area contributed by atoms with E-state index in [0.717, 1.165) is 38.8 Å². The van der Waals surface area contributed by atoms with Crippen molar-refractivity contribution in [3.05, 3.63) is 22.4 Å². The van der Waals surface area contributed by atoms with Crippen LogP contribution in [-0.4, -0.2) is 67.5 Å². The Balaban J connectivity index is 0.00000288. The molecule has 1 aliphatic rings. The van der Waals surface area contributed by atoms with Crippen LogP contribution in [0, 0.1) is 0 Å². The number of aliphatic imine (C=N–C) groups is 1. The second-order valence-electron chi connectivity index (χ2n) is 6.01. The fourth-order valence-corrected chi connectivity index (χ4v) is 3.10. The Morgan fingerprint density at radius 1 is 1.42 bits per heavy atom. The highest BCUT2D eigenvalue weighted by Crippen LogP contribution is 2.10. The highest BCUT2D eigenvalue weighted by atomic mass is 127. The zero-order chi connectivity index (χ0) is 16.5. The summed E-state index contributed by atoms with van der Waals surface area (Å²) in [7, 11) is 0. The fourth-order valence-electron chi connectivity index (χ4n) is 2.47. The summed E-state index contributed by atoms with van der Waals surface area (Å²) in [5.41, 5.74) is -0.809. The number of guanidine groups is 1. The van der Waals surface area contributed by atoms with E-state index in [9.17, 15) is 5.11 Å². The molecule has 0 bridgehead atoms. The van der Waals surface area contributed by atoms with Gasteiger partial charge in [-0.1, -0.05) is 6.07 Å². The Labute approximate surface area is 165 Å². The number of aliphatic hydroxyl groups is 1. The van der Waals surface area contributed by atoms with Gasteiger partial charge in [0.25, 0.3) is 0 Å². The average Bonchev–Trinajstić information content (AvgIpc) is 3.04. The molecule has 0 saturated carbocycles. The quantitative estimate of drug-likeness (QED) is 0.322. The Kier molecular flexibility index (Phi) is 10.1. The van der Waals surface area contributed by atoms with E-state index >= 15 is 0 Å². The third kappa shape index (κ3) is 8.11. The van der Waals surface area contributed by atoms with Gasteiger partial charge in [-0.15, -0.1) is 35.3 Å². The van der Waals surface area contributed by atoms with Crippen LogP contribution in [0.1, 0.15) is 18.7 Å². The van der Waals surface area contributed by atoms with Gasteiger partial charge < -0.3 is 20.5 Å². The molecule has 1 fully saturated rings. The molecule has 0 amide bonds. The van der Waals surface area contributed by atoms with Gasteiger partial charge >= 0.3 is 0 Å². The van der Waals surface area contributed by atoms with Crippen LogP contribution >= 0.6 is 35.3 Å². The Bertz CT molecular complexity index is 476. The number of hydrogen-bond acceptors (Lipinski definition) is 5. The number of halogens is 1. The maximum absolute atomic E-state index is 10.6. The summed E-state index contributed by atoms with van der Waals surface area (Å²) in [4.78, 5) is 8.03. The number of hydrogen-bond donors (Lipinski definition) is 3. The second kappa shape index (κ2) is 11.2. The molecule has 1 atom stereocenters. The Hall–Kier alpha value is -0.420. The van der Waals surface area contributed by atoms with Crippen LogP contribution in [0.2, 0.25) is 0 Å². The minimum Gasteiger partial charge on any atom is -0.387 e. The Morgan fingerprint density at radius 2 is 2.17 bits per heavy atom. The average molecular weight is 468 g/mol. The summed E-state index contributed by atoms with van der Waals surface area (Å²) >= 11 is 1.70. The lowest BCUT2D eigenvalue weighted by molar-refractivity contribution is -0.0201. The van der Waals surface area contributed by atoms with Gasteiger partial charge in [0.1, 0.15) is 0 Å². The number of nitrogens with one attached hydrogen (secondary N) is 2. The molecule has 2 heterocycles. The zero-order valence-electron chi connectivity index (χ0n) is 14.5. The third-order valence-corrected chi connectivity index (χ3v) is 4.48. The van der Waals surface area contributed by atoms with Crippen LogP contribution in [0.4, 0.5) is 0 Å². The van der Waals surface area contributed by atoms with E-state index in [1.54, 1.807) is 11.3 Å². The van der Waals surface area contributed by atoms with E-state index in [-0.39, 0.29) is 24.0 Å². The van der Waals surface area contributed by atoms with Gasteiger partial charge in [-0.05, 0) is 25.3 Å². The van der Waals surface area contributed by atoms with E-state index in [0.29, 0.717) is 19.6 Å². The lowest BCUT2D eigenvalue weighted by Crippen LogP contribution is -2.52. The van der Waals surface area contributed by atoms with Gasteiger partial charge in [0, 0.05) is 37.6 Å². The van der Waals surface area contributed by atoms with Crippen LogP contribution in [0.25, 0.3) is 0 Å². The summed E-state index contributed by atoms with van der Waals surface area (Å²) in [5.74, 6) is 0.739. The number of morpholine rings is 1. The predicted molar refractivity (Wildman–Crippen MR) is 110 cm³/mol. The number of thiophene rings is 1. The number of rotatable bonds is 7. The molecule has 0 radical (unpaired) electrons. The number of β-amino-alcohol motifs (C(OH)–C–C–N with tert-alkyl or cyclic N) is 1. The molecule has 1 aliphatic heterocycles. The molecule has 3 N–H and O–H groups in total. The van der Waals surface area contributed by atoms with E-state index in [1.165, 1.54) is 4.88 Å². The van der Waals surface area contributed by atoms with Crippen molar-refractivity contribution in [2.24, 2.45) is 4.99 Å². The van der Waals surface area contributed by atoms with Crippen molar-refractivity contribution < 1.29 is 9.84 Å². The smallest absolute Gasteiger partial charge is 0.191 e. The molecule has 0 aliphatic carbocycles. The van der Waals surface area contributed by atoms with Crippen LogP contribution in [0.15, 0.2) is 22.5 Å². The molecule has 138 valence electrons. The fraction of sp³-hybridized carbons (Fsp3) is 0.688. The first-order valence-corrected chi connectivity index (χ1v) is 9.04. The van der Waals surface area contributed by atoms with Crippen molar-refractivity contribution >= 4 is 41.3 Å². The SMILES string of the molecule is CCNC(=NCc1cccs1)NCC(C)(O)CN1CCOCC1.I. The molecular weight excluding hydrogens is 439 g/mol. The molecule has 0 aromatic carbocycles. The lowest BCUT2D eigenvalue weighted by atomic mass is 10.1. The molecule has 8 heteroatoms. The van der Waals surface area contributed by atoms with E-state index in [1.807, 2.05) is 19.9 Å². The first-order valence-electron chi connectivity index (χ1n) is 8.16. The maximum atomic E-state index is 10.6. The summed E-state index contributed by atoms with van der Waals surface area (Å²) < 4.78 is 5.34. The molecule has 6 nitrogen and oxygen atoms in total. The summed E-state index contributed by atoms with van der Waals surface area (Å²) in [6.45, 7) is 9.68. The van der Waals surface area contributed by atoms with Gasteiger partial charge in [0.05, 0.1) is 25.4 Å². The maximum Gasteiger partial charge on any atom is 0.191 e. The molecule has 0 spiro atoms. The van der Waals surface area contributed by atoms with Crippen LogP contribution in [0.5, 0.6) is 0 Å². The van der Waals surface area contributed by atoms with E-state index in [2.05, 4.69) is 32.0 Å². The second-order valence-corrected chi connectivity index (χ2v) is 7.05. The topological polar surface area (TPSA) is 69.1 Å². The molecule has 1 unspecified atom stereocenters. The van der Waals surface area contributed by atoms with E-state index in [4.69, 9.17) is 4.74 Å². The summed E-state index contributed by atoms with van der Waals surface area (Å²) in [6, 6.07) is 4.11. The minimum atomic E-state index is -0.809. The van der Waals surface area contributed by atoms with Gasteiger partial charge in [-0.25, -0.2) is 4.99 Å². The zero-order valence-corrected chi connectivity index (χ0v) is 17.6. The highest BCUT2D eigenvalue weighted by molar-refractivity contribution is 14.0. The first-order chi connectivity index (χ1) is 11.1. The first kappa shape index (κ1) is 21.6. The predicted octanol–water partition coefficient (Wildman–Crippen LogP) is 1.50. The molecular formula is C16H29IN4O2S. The van der Waals surface area contributed by atoms with E-state index < -0.39 is 5.60 Å². The summed E-state index contributed by atoms with van der Waals surface area (Å²) in [5, 5.41) is 19.1. The number of ether oxygens (including phenoxy) is 1. The van der Waals surface area contributed by atoms with Crippen molar-refractivity contribution in [2.75, 3.05) is 45.9 Å². The van der Waals surface area contributed by atoms with Crippen molar-refractivity contribution in [1.29, 1.82) is 0 Å². The minimum absolute atomic E-state index is 0. The lowest BCUT2D eigenvalue weighted by Gasteiger charge is -2.34. The normalized spacial score (nSPS) is 18.5. The van der Waals surface area contributed by atoms with Gasteiger partial charge in [0.2, 0.25) is 0 Å². The van der Waals surface area contributed by atoms with Crippen LogP contribution < -0.4 is 10.6 Å². The van der Waals surface area contributed by atoms with Gasteiger partial charge in [0.15, 0.2) is 5.96 Å². The molecule has 24 heavy (non-hydrogen) atoms. The molecule has 2 rings (SSSR count). The highest BCUT2D eigenvalue weighted by Gasteiger charge is 2.25. The van der Waals surface area contributed by atoms with Crippen molar-refractivity contribution in [3.8, 4) is 0 Å². The molecule has 1 aromatic heterocycles. The Morgan fingerprint density at radius 3 is 2.79 bits per heavy atom. The van der Waals surface area contributed by atoms with Crippen LogP contribution in [0.3, 0.4) is 0 Å². The standard InChI is InChI=1S/C16H28N4O2S.HI/c1-3-17-15(18-11-14-5-4-10-23-14)19-12-16(2,21)13-20-6-8-22-9-7-20;/h4-5,10,21H,3,6-9,11-13H2,1-2H3,(H2,17,18,19);1H. The third-order valence-electron chi connectivity index (χ3n) is 3.62. The molecule has 1 saturated heterocycles. The van der Waals surface area contributed by atoms with Gasteiger partial charge in [-0.2, -0.15) is 0 Å². The van der Waals surface area contributed by atoms with Crippen molar-refractivity contribution in [2.45, 2.75) is 26.0 Å². The number of nitrogens with zero attached hydrogens (tertiary/aromatic N) is 2. The van der Waals surface area contributed by atoms with Gasteiger partial charge in [-0.3, -0.25) is 4.90 Å². The monoisotopic (exact) mass is 468 g/mol. The van der Waals surface area contributed by atoms with Crippen molar-refractivity contribution in [1.82, 2.24) is 15.5 Å². The van der Waals surface area contributed by atoms with Crippen LogP contribution in [-0.2, 0) is 11.3 Å². The molecule has 1 aromatic rings. The largest absolute Gasteiger partial charge is 0.387 e. The van der Waals surface area contributed by atoms with Crippen molar-refractivity contribution in [3.63, 3.8) is 0 Å². The summed E-state index contributed by atoms with van der Waals surface area (Å²) in [6.07, 6.45) is 0.